The van der Waals surface area contributed by atoms with Crippen LogP contribution in [0.3, 0.4) is 0 Å². The fraction of sp³-hybridized carbons (Fsp3) is 0. The molecule has 0 amide bonds. The highest BCUT2D eigenvalue weighted by atomic mass is 32.1. The van der Waals surface area contributed by atoms with Gasteiger partial charge in [-0.1, -0.05) is 140 Å². The molecule has 0 saturated heterocycles. The van der Waals surface area contributed by atoms with E-state index in [4.69, 9.17) is 0 Å². The molecule has 50 heavy (non-hydrogen) atoms. The monoisotopic (exact) mass is 653 g/mol. The SMILES string of the molecule is c1ccc(-c2ccc3c(c2)c2cc(-c4ccccc4)ccc2n3-c2ccccc2-c2ccc(-c3ccc4sc5ccccc5c4c3)cc2)cc1. The standard InChI is InChI=1S/C48H31NS/c1-3-11-32(12-4-1)36-23-26-45-41(29-36)42-30-37(33-13-5-2-6-14-33)24-27-46(42)49(45)44-17-9-7-15-39(44)35-21-19-34(20-22-35)38-25-28-48-43(31-38)40-16-8-10-18-47(40)50-48/h1-31H. The van der Waals surface area contributed by atoms with E-state index in [1.165, 1.54) is 92.2 Å². The summed E-state index contributed by atoms with van der Waals surface area (Å²) in [7, 11) is 0. The molecule has 10 aromatic rings. The molecule has 0 N–H and O–H groups in total. The number of para-hydroxylation sites is 1. The summed E-state index contributed by atoms with van der Waals surface area (Å²) < 4.78 is 5.12. The lowest BCUT2D eigenvalue weighted by molar-refractivity contribution is 1.18. The van der Waals surface area contributed by atoms with Crippen LogP contribution in [0, 0.1) is 0 Å². The molecule has 0 aliphatic rings. The smallest absolute Gasteiger partial charge is 0.0541 e. The molecule has 0 saturated carbocycles. The molecule has 0 fully saturated rings. The summed E-state index contributed by atoms with van der Waals surface area (Å²) >= 11 is 1.86. The molecule has 0 atom stereocenters. The molecule has 2 heteroatoms. The van der Waals surface area contributed by atoms with Crippen molar-refractivity contribution in [1.29, 1.82) is 0 Å². The number of thiophene rings is 1. The Balaban J connectivity index is 1.12. The molecule has 0 spiro atoms. The molecule has 0 bridgehead atoms. The normalized spacial score (nSPS) is 11.6. The molecular weight excluding hydrogens is 623 g/mol. The van der Waals surface area contributed by atoms with Crippen molar-refractivity contribution in [3.8, 4) is 50.2 Å². The van der Waals surface area contributed by atoms with Crippen molar-refractivity contribution in [3.63, 3.8) is 0 Å². The second-order valence-corrected chi connectivity index (χ2v) is 14.0. The van der Waals surface area contributed by atoms with Gasteiger partial charge in [-0.25, -0.2) is 0 Å². The summed E-state index contributed by atoms with van der Waals surface area (Å²) in [6.45, 7) is 0. The Morgan fingerprint density at radius 2 is 0.760 bits per heavy atom. The number of hydrogen-bond acceptors (Lipinski definition) is 1. The lowest BCUT2D eigenvalue weighted by Crippen LogP contribution is -1.97. The first kappa shape index (κ1) is 28.8. The molecule has 0 aliphatic heterocycles. The second-order valence-electron chi connectivity index (χ2n) is 12.9. The van der Waals surface area contributed by atoms with Crippen LogP contribution in [-0.4, -0.2) is 4.57 Å². The Hall–Kier alpha value is -6.22. The van der Waals surface area contributed by atoms with E-state index in [1.54, 1.807) is 0 Å². The maximum Gasteiger partial charge on any atom is 0.0541 e. The van der Waals surface area contributed by atoms with Gasteiger partial charge < -0.3 is 4.57 Å². The van der Waals surface area contributed by atoms with Crippen molar-refractivity contribution in [3.05, 3.63) is 188 Å². The lowest BCUT2D eigenvalue weighted by Gasteiger charge is -2.15. The molecule has 8 aromatic carbocycles. The average Bonchev–Trinajstić information content (AvgIpc) is 3.73. The molecule has 10 rings (SSSR count). The van der Waals surface area contributed by atoms with Gasteiger partial charge >= 0.3 is 0 Å². The molecular formula is C48H31NS. The maximum atomic E-state index is 2.45. The van der Waals surface area contributed by atoms with Crippen LogP contribution < -0.4 is 0 Å². The van der Waals surface area contributed by atoms with Crippen molar-refractivity contribution >= 4 is 53.3 Å². The van der Waals surface area contributed by atoms with Gasteiger partial charge in [0, 0.05) is 36.5 Å². The molecule has 2 heterocycles. The fourth-order valence-corrected chi connectivity index (χ4v) is 8.65. The zero-order chi connectivity index (χ0) is 33.0. The van der Waals surface area contributed by atoms with Gasteiger partial charge in [0.2, 0.25) is 0 Å². The van der Waals surface area contributed by atoms with E-state index >= 15 is 0 Å². The highest BCUT2D eigenvalue weighted by molar-refractivity contribution is 7.25. The minimum absolute atomic E-state index is 1.17. The molecule has 234 valence electrons. The van der Waals surface area contributed by atoms with Gasteiger partial charge in [0.15, 0.2) is 0 Å². The second kappa shape index (κ2) is 11.7. The fourth-order valence-electron chi connectivity index (χ4n) is 7.56. The van der Waals surface area contributed by atoms with Gasteiger partial charge in [0.25, 0.3) is 0 Å². The maximum absolute atomic E-state index is 2.45. The summed E-state index contributed by atoms with van der Waals surface area (Å²) in [5, 5.41) is 5.16. The van der Waals surface area contributed by atoms with Gasteiger partial charge in [-0.3, -0.25) is 0 Å². The minimum atomic E-state index is 1.17. The van der Waals surface area contributed by atoms with Crippen LogP contribution in [0.1, 0.15) is 0 Å². The first-order valence-corrected chi connectivity index (χ1v) is 17.9. The van der Waals surface area contributed by atoms with Gasteiger partial charge in [-0.2, -0.15) is 0 Å². The first-order valence-electron chi connectivity index (χ1n) is 17.1. The van der Waals surface area contributed by atoms with Crippen LogP contribution >= 0.6 is 11.3 Å². The minimum Gasteiger partial charge on any atom is -0.309 e. The van der Waals surface area contributed by atoms with Gasteiger partial charge in [0.1, 0.15) is 0 Å². The predicted octanol–water partition coefficient (Wildman–Crippen LogP) is 13.8. The number of hydrogen-bond donors (Lipinski definition) is 0. The average molecular weight is 654 g/mol. The van der Waals surface area contributed by atoms with E-state index < -0.39 is 0 Å². The van der Waals surface area contributed by atoms with Crippen molar-refractivity contribution in [2.75, 3.05) is 0 Å². The molecule has 0 radical (unpaired) electrons. The summed E-state index contributed by atoms with van der Waals surface area (Å²) in [5.74, 6) is 0. The zero-order valence-corrected chi connectivity index (χ0v) is 28.1. The summed E-state index contributed by atoms with van der Waals surface area (Å²) in [4.78, 5) is 0. The van der Waals surface area contributed by atoms with Crippen LogP contribution in [0.5, 0.6) is 0 Å². The molecule has 2 aromatic heterocycles. The molecule has 0 unspecified atom stereocenters. The number of fused-ring (bicyclic) bond motifs is 6. The van der Waals surface area contributed by atoms with Gasteiger partial charge in [-0.05, 0) is 87.5 Å². The van der Waals surface area contributed by atoms with Crippen LogP contribution in [-0.2, 0) is 0 Å². The number of nitrogens with zero attached hydrogens (tertiary/aromatic N) is 1. The number of rotatable bonds is 5. The van der Waals surface area contributed by atoms with Crippen LogP contribution in [0.4, 0.5) is 0 Å². The third kappa shape index (κ3) is 4.76. The van der Waals surface area contributed by atoms with Crippen molar-refractivity contribution in [2.24, 2.45) is 0 Å². The predicted molar refractivity (Wildman–Crippen MR) is 215 cm³/mol. The van der Waals surface area contributed by atoms with E-state index in [-0.39, 0.29) is 0 Å². The Kier molecular flexibility index (Phi) is 6.75. The van der Waals surface area contributed by atoms with E-state index in [0.29, 0.717) is 0 Å². The number of benzene rings is 8. The van der Waals surface area contributed by atoms with E-state index in [0.717, 1.165) is 0 Å². The van der Waals surface area contributed by atoms with E-state index in [9.17, 15) is 0 Å². The Bertz CT molecular complexity index is 2740. The topological polar surface area (TPSA) is 4.93 Å². The van der Waals surface area contributed by atoms with Crippen LogP contribution in [0.2, 0.25) is 0 Å². The van der Waals surface area contributed by atoms with E-state index in [1.807, 2.05) is 11.3 Å². The largest absolute Gasteiger partial charge is 0.309 e. The highest BCUT2D eigenvalue weighted by Crippen LogP contribution is 2.41. The van der Waals surface area contributed by atoms with E-state index in [2.05, 4.69) is 193 Å². The summed E-state index contributed by atoms with van der Waals surface area (Å²) in [5.41, 5.74) is 13.3. The lowest BCUT2D eigenvalue weighted by atomic mass is 9.98. The van der Waals surface area contributed by atoms with Gasteiger partial charge in [0.05, 0.1) is 16.7 Å². The third-order valence-electron chi connectivity index (χ3n) is 10.0. The first-order chi connectivity index (χ1) is 24.8. The summed E-state index contributed by atoms with van der Waals surface area (Å²) in [6, 6.07) is 68.7. The van der Waals surface area contributed by atoms with Crippen LogP contribution in [0.25, 0.3) is 92.2 Å². The summed E-state index contributed by atoms with van der Waals surface area (Å²) in [6.07, 6.45) is 0. The van der Waals surface area contributed by atoms with Crippen LogP contribution in [0.15, 0.2) is 188 Å². The van der Waals surface area contributed by atoms with Crippen molar-refractivity contribution < 1.29 is 0 Å². The molecule has 1 nitrogen and oxygen atoms in total. The number of aromatic nitrogens is 1. The zero-order valence-electron chi connectivity index (χ0n) is 27.3. The Morgan fingerprint density at radius 3 is 1.42 bits per heavy atom. The quantitative estimate of drug-likeness (QED) is 0.174. The van der Waals surface area contributed by atoms with Crippen molar-refractivity contribution in [1.82, 2.24) is 4.57 Å². The van der Waals surface area contributed by atoms with Gasteiger partial charge in [-0.15, -0.1) is 11.3 Å². The third-order valence-corrected chi connectivity index (χ3v) is 11.2. The highest BCUT2D eigenvalue weighted by Gasteiger charge is 2.17. The molecule has 0 aliphatic carbocycles. The van der Waals surface area contributed by atoms with Crippen molar-refractivity contribution in [2.45, 2.75) is 0 Å². The Morgan fingerprint density at radius 1 is 0.300 bits per heavy atom. The Labute approximate surface area is 295 Å².